The minimum Gasteiger partial charge on any atom is -0.396 e. The number of ether oxygens (including phenoxy) is 1. The van der Waals surface area contributed by atoms with Gasteiger partial charge in [-0.15, -0.1) is 0 Å². The summed E-state index contributed by atoms with van der Waals surface area (Å²) >= 11 is 0. The average molecular weight is 330 g/mol. The van der Waals surface area contributed by atoms with Crippen LogP contribution in [0.25, 0.3) is 0 Å². The van der Waals surface area contributed by atoms with Crippen molar-refractivity contribution in [2.75, 3.05) is 26.4 Å². The molecule has 9 heteroatoms. The van der Waals surface area contributed by atoms with Gasteiger partial charge in [0.15, 0.2) is 0 Å². The van der Waals surface area contributed by atoms with Crippen molar-refractivity contribution < 1.29 is 23.2 Å². The minimum absolute atomic E-state index is 0.116. The van der Waals surface area contributed by atoms with Crippen molar-refractivity contribution in [1.29, 1.82) is 0 Å². The van der Waals surface area contributed by atoms with E-state index < -0.39 is 21.0 Å². The van der Waals surface area contributed by atoms with E-state index in [1.807, 2.05) is 0 Å². The standard InChI is InChI=1S/C13H18N2O6S/c1-10-2-3-12(8-13(10)15(17)18)22(19,20)14-5-7-21-9-11(14)4-6-16/h2-3,8,11,16H,4-7,9H2,1H3/t11-/m0/s1. The molecule has 0 aliphatic carbocycles. The lowest BCUT2D eigenvalue weighted by atomic mass is 10.2. The molecule has 0 bridgehead atoms. The van der Waals surface area contributed by atoms with E-state index in [-0.39, 0.29) is 43.4 Å². The predicted molar refractivity (Wildman–Crippen MR) is 78.0 cm³/mol. The highest BCUT2D eigenvalue weighted by Gasteiger charge is 2.34. The van der Waals surface area contributed by atoms with Crippen LogP contribution in [0.1, 0.15) is 12.0 Å². The molecule has 122 valence electrons. The molecule has 22 heavy (non-hydrogen) atoms. The molecule has 0 aromatic heterocycles. The number of aliphatic hydroxyl groups is 1. The van der Waals surface area contributed by atoms with Crippen LogP contribution < -0.4 is 0 Å². The first kappa shape index (κ1) is 16.8. The van der Waals surface area contributed by atoms with E-state index in [0.29, 0.717) is 5.56 Å². The van der Waals surface area contributed by atoms with Gasteiger partial charge in [-0.1, -0.05) is 6.07 Å². The van der Waals surface area contributed by atoms with Gasteiger partial charge in [-0.05, 0) is 19.4 Å². The van der Waals surface area contributed by atoms with Gasteiger partial charge in [0.05, 0.1) is 29.1 Å². The highest BCUT2D eigenvalue weighted by molar-refractivity contribution is 7.89. The first-order valence-electron chi connectivity index (χ1n) is 6.83. The summed E-state index contributed by atoms with van der Waals surface area (Å²) in [6.07, 6.45) is 0.257. The van der Waals surface area contributed by atoms with Crippen LogP contribution in [0.15, 0.2) is 23.1 Å². The van der Waals surface area contributed by atoms with Gasteiger partial charge >= 0.3 is 0 Å². The number of aliphatic hydroxyl groups excluding tert-OH is 1. The molecule has 1 aromatic rings. The number of nitro benzene ring substituents is 1. The summed E-state index contributed by atoms with van der Waals surface area (Å²) in [4.78, 5) is 10.3. The molecule has 1 atom stereocenters. The Labute approximate surface area is 128 Å². The van der Waals surface area contributed by atoms with E-state index >= 15 is 0 Å². The van der Waals surface area contributed by atoms with Crippen molar-refractivity contribution >= 4 is 15.7 Å². The normalized spacial score (nSPS) is 20.0. The van der Waals surface area contributed by atoms with Gasteiger partial charge in [-0.2, -0.15) is 4.31 Å². The summed E-state index contributed by atoms with van der Waals surface area (Å²) in [5.41, 5.74) is 0.172. The van der Waals surface area contributed by atoms with E-state index in [0.717, 1.165) is 6.07 Å². The van der Waals surface area contributed by atoms with E-state index in [4.69, 9.17) is 9.84 Å². The Morgan fingerprint density at radius 2 is 2.23 bits per heavy atom. The average Bonchev–Trinajstić information content (AvgIpc) is 2.48. The van der Waals surface area contributed by atoms with Crippen molar-refractivity contribution in [3.63, 3.8) is 0 Å². The number of aryl methyl sites for hydroxylation is 1. The van der Waals surface area contributed by atoms with E-state index in [1.165, 1.54) is 16.4 Å². The second-order valence-corrected chi connectivity index (χ2v) is 6.95. The van der Waals surface area contributed by atoms with Crippen LogP contribution in [-0.2, 0) is 14.8 Å². The van der Waals surface area contributed by atoms with Crippen molar-refractivity contribution in [2.45, 2.75) is 24.3 Å². The topological polar surface area (TPSA) is 110 Å². The summed E-state index contributed by atoms with van der Waals surface area (Å²) in [6.45, 7) is 2.02. The third kappa shape index (κ3) is 3.27. The molecule has 1 heterocycles. The van der Waals surface area contributed by atoms with Crippen LogP contribution in [0.4, 0.5) is 5.69 Å². The Morgan fingerprint density at radius 3 is 2.86 bits per heavy atom. The molecule has 1 aliphatic rings. The van der Waals surface area contributed by atoms with Crippen LogP contribution in [-0.4, -0.2) is 55.2 Å². The lowest BCUT2D eigenvalue weighted by Crippen LogP contribution is -2.48. The Kier molecular flexibility index (Phi) is 5.12. The van der Waals surface area contributed by atoms with E-state index in [9.17, 15) is 18.5 Å². The maximum Gasteiger partial charge on any atom is 0.273 e. The lowest BCUT2D eigenvalue weighted by molar-refractivity contribution is -0.385. The summed E-state index contributed by atoms with van der Waals surface area (Å²) in [5.74, 6) is 0. The van der Waals surface area contributed by atoms with Gasteiger partial charge in [0.1, 0.15) is 0 Å². The van der Waals surface area contributed by atoms with Gasteiger partial charge in [0.2, 0.25) is 10.0 Å². The molecular weight excluding hydrogens is 312 g/mol. The van der Waals surface area contributed by atoms with Crippen molar-refractivity contribution in [3.05, 3.63) is 33.9 Å². The zero-order valence-electron chi connectivity index (χ0n) is 12.1. The molecule has 1 saturated heterocycles. The van der Waals surface area contributed by atoms with E-state index in [1.54, 1.807) is 6.92 Å². The van der Waals surface area contributed by atoms with Crippen LogP contribution in [0, 0.1) is 17.0 Å². The molecule has 8 nitrogen and oxygen atoms in total. The monoisotopic (exact) mass is 330 g/mol. The number of sulfonamides is 1. The summed E-state index contributed by atoms with van der Waals surface area (Å²) in [7, 11) is -3.87. The highest BCUT2D eigenvalue weighted by Crippen LogP contribution is 2.27. The fourth-order valence-electron chi connectivity index (χ4n) is 2.41. The molecule has 0 spiro atoms. The molecule has 0 amide bonds. The number of hydrogen-bond acceptors (Lipinski definition) is 6. The summed E-state index contributed by atoms with van der Waals surface area (Å²) < 4.78 is 32.0. The van der Waals surface area contributed by atoms with Crippen molar-refractivity contribution in [3.8, 4) is 0 Å². The van der Waals surface area contributed by atoms with Crippen LogP contribution >= 0.6 is 0 Å². The molecule has 1 N–H and O–H groups in total. The third-order valence-electron chi connectivity index (χ3n) is 3.62. The van der Waals surface area contributed by atoms with Crippen molar-refractivity contribution in [1.82, 2.24) is 4.31 Å². The van der Waals surface area contributed by atoms with Gasteiger partial charge in [0, 0.05) is 24.8 Å². The number of benzene rings is 1. The molecule has 2 rings (SSSR count). The second-order valence-electron chi connectivity index (χ2n) is 5.06. The van der Waals surface area contributed by atoms with Gasteiger partial charge in [-0.25, -0.2) is 8.42 Å². The lowest BCUT2D eigenvalue weighted by Gasteiger charge is -2.34. The molecular formula is C13H18N2O6S. The highest BCUT2D eigenvalue weighted by atomic mass is 32.2. The zero-order valence-corrected chi connectivity index (χ0v) is 13.0. The number of morpholine rings is 1. The molecule has 0 saturated carbocycles. The maximum atomic E-state index is 12.7. The van der Waals surface area contributed by atoms with Crippen molar-refractivity contribution in [2.24, 2.45) is 0 Å². The van der Waals surface area contributed by atoms with Crippen LogP contribution in [0.5, 0.6) is 0 Å². The number of rotatable bonds is 5. The maximum absolute atomic E-state index is 12.7. The predicted octanol–water partition coefficient (Wildman–Crippen LogP) is 0.675. The van der Waals surface area contributed by atoms with E-state index in [2.05, 4.69) is 0 Å². The fraction of sp³-hybridized carbons (Fsp3) is 0.538. The Hall–Kier alpha value is -1.55. The molecule has 1 aromatic carbocycles. The molecule has 0 unspecified atom stereocenters. The largest absolute Gasteiger partial charge is 0.396 e. The third-order valence-corrected chi connectivity index (χ3v) is 5.57. The molecule has 0 radical (unpaired) electrons. The quantitative estimate of drug-likeness (QED) is 0.628. The van der Waals surface area contributed by atoms with Gasteiger partial charge in [-0.3, -0.25) is 10.1 Å². The Balaban J connectivity index is 2.40. The van der Waals surface area contributed by atoms with Gasteiger partial charge in [0.25, 0.3) is 5.69 Å². The molecule has 1 aliphatic heterocycles. The Bertz CT molecular complexity index is 658. The first-order valence-corrected chi connectivity index (χ1v) is 8.27. The summed E-state index contributed by atoms with van der Waals surface area (Å²) in [6, 6.07) is 3.40. The fourth-order valence-corrected chi connectivity index (χ4v) is 4.06. The second kappa shape index (κ2) is 6.69. The molecule has 1 fully saturated rings. The minimum atomic E-state index is -3.87. The smallest absolute Gasteiger partial charge is 0.273 e. The Morgan fingerprint density at radius 1 is 1.50 bits per heavy atom. The van der Waals surface area contributed by atoms with Gasteiger partial charge < -0.3 is 9.84 Å². The number of nitrogens with zero attached hydrogens (tertiary/aromatic N) is 2. The SMILES string of the molecule is Cc1ccc(S(=O)(=O)N2CCOC[C@@H]2CCO)cc1[N+](=O)[O-]. The first-order chi connectivity index (χ1) is 10.4. The number of nitro groups is 1. The number of hydrogen-bond donors (Lipinski definition) is 1. The summed E-state index contributed by atoms with van der Waals surface area (Å²) in [5, 5.41) is 20.0. The zero-order chi connectivity index (χ0) is 16.3. The van der Waals surface area contributed by atoms with Crippen LogP contribution in [0.3, 0.4) is 0 Å². The van der Waals surface area contributed by atoms with Crippen LogP contribution in [0.2, 0.25) is 0 Å².